The molecule has 2 aromatic carbocycles. The molecule has 1 heterocycles. The van der Waals surface area contributed by atoms with E-state index in [2.05, 4.69) is 33.6 Å². The van der Waals surface area contributed by atoms with Crippen LogP contribution in [0.1, 0.15) is 28.4 Å². The van der Waals surface area contributed by atoms with Gasteiger partial charge in [0.1, 0.15) is 0 Å². The monoisotopic (exact) mass is 366 g/mol. The predicted octanol–water partition coefficient (Wildman–Crippen LogP) is 5.00. The SMILES string of the molecule is CCc1cccc(C)c1Nc1ncc(C(=O)Nc2ccccc2Cl)cn1. The molecule has 0 saturated carbocycles. The Labute approximate surface area is 157 Å². The number of amides is 1. The highest BCUT2D eigenvalue weighted by atomic mass is 35.5. The summed E-state index contributed by atoms with van der Waals surface area (Å²) in [6.07, 6.45) is 3.89. The topological polar surface area (TPSA) is 66.9 Å². The zero-order valence-corrected chi connectivity index (χ0v) is 15.3. The maximum Gasteiger partial charge on any atom is 0.258 e. The third kappa shape index (κ3) is 4.00. The molecule has 0 bridgehead atoms. The molecule has 0 aliphatic heterocycles. The summed E-state index contributed by atoms with van der Waals surface area (Å²) in [6.45, 7) is 4.13. The second-order valence-corrected chi connectivity index (χ2v) is 6.22. The van der Waals surface area contributed by atoms with E-state index in [1.165, 1.54) is 18.0 Å². The molecule has 132 valence electrons. The van der Waals surface area contributed by atoms with Gasteiger partial charge in [-0.25, -0.2) is 9.97 Å². The summed E-state index contributed by atoms with van der Waals surface area (Å²) in [4.78, 5) is 20.8. The highest BCUT2D eigenvalue weighted by Gasteiger charge is 2.11. The van der Waals surface area contributed by atoms with E-state index >= 15 is 0 Å². The number of aromatic nitrogens is 2. The Kier molecular flexibility index (Phi) is 5.49. The van der Waals surface area contributed by atoms with Gasteiger partial charge in [-0.3, -0.25) is 4.79 Å². The molecule has 0 spiro atoms. The first kappa shape index (κ1) is 17.9. The Hall–Kier alpha value is -2.92. The van der Waals surface area contributed by atoms with Gasteiger partial charge in [0, 0.05) is 18.1 Å². The number of aryl methyl sites for hydroxylation is 2. The van der Waals surface area contributed by atoms with E-state index in [-0.39, 0.29) is 5.91 Å². The lowest BCUT2D eigenvalue weighted by atomic mass is 10.1. The van der Waals surface area contributed by atoms with Crippen LogP contribution in [0.15, 0.2) is 54.9 Å². The molecule has 0 aliphatic carbocycles. The van der Waals surface area contributed by atoms with Gasteiger partial charge in [0.15, 0.2) is 0 Å². The standard InChI is InChI=1S/C20H19ClN4O/c1-3-14-8-6-7-13(2)18(14)25-20-22-11-15(12-23-20)19(26)24-17-10-5-4-9-16(17)21/h4-12H,3H2,1-2H3,(H,24,26)(H,22,23,25). The van der Waals surface area contributed by atoms with Crippen LogP contribution < -0.4 is 10.6 Å². The van der Waals surface area contributed by atoms with Crippen LogP contribution in [0.3, 0.4) is 0 Å². The van der Waals surface area contributed by atoms with Gasteiger partial charge in [0.2, 0.25) is 5.95 Å². The number of benzene rings is 2. The average molecular weight is 367 g/mol. The van der Waals surface area contributed by atoms with Crippen LogP contribution in [0.5, 0.6) is 0 Å². The number of carbonyl (C=O) groups excluding carboxylic acids is 1. The average Bonchev–Trinajstić information content (AvgIpc) is 2.65. The van der Waals surface area contributed by atoms with Crippen molar-refractivity contribution in [3.8, 4) is 0 Å². The minimum absolute atomic E-state index is 0.310. The summed E-state index contributed by atoms with van der Waals surface area (Å²) in [7, 11) is 0. The van der Waals surface area contributed by atoms with Gasteiger partial charge in [-0.15, -0.1) is 0 Å². The van der Waals surface area contributed by atoms with E-state index < -0.39 is 0 Å². The number of hydrogen-bond donors (Lipinski definition) is 2. The van der Waals surface area contributed by atoms with E-state index in [1.807, 2.05) is 19.1 Å². The molecular formula is C20H19ClN4O. The van der Waals surface area contributed by atoms with Crippen molar-refractivity contribution in [3.63, 3.8) is 0 Å². The third-order valence-corrected chi connectivity index (χ3v) is 4.34. The molecule has 1 amide bonds. The highest BCUT2D eigenvalue weighted by Crippen LogP contribution is 2.24. The lowest BCUT2D eigenvalue weighted by Crippen LogP contribution is -2.13. The van der Waals surface area contributed by atoms with Crippen molar-refractivity contribution in [2.24, 2.45) is 0 Å². The Morgan fingerprint density at radius 2 is 1.81 bits per heavy atom. The number of nitrogens with one attached hydrogen (secondary N) is 2. The molecule has 0 radical (unpaired) electrons. The van der Waals surface area contributed by atoms with Crippen LogP contribution in [-0.2, 0) is 6.42 Å². The van der Waals surface area contributed by atoms with Crippen LogP contribution in [0.4, 0.5) is 17.3 Å². The third-order valence-electron chi connectivity index (χ3n) is 4.01. The molecule has 0 fully saturated rings. The van der Waals surface area contributed by atoms with Crippen LogP contribution >= 0.6 is 11.6 Å². The molecule has 2 N–H and O–H groups in total. The van der Waals surface area contributed by atoms with Crippen molar-refractivity contribution in [1.29, 1.82) is 0 Å². The van der Waals surface area contributed by atoms with Crippen LogP contribution in [0.25, 0.3) is 0 Å². The summed E-state index contributed by atoms with van der Waals surface area (Å²) in [5, 5.41) is 6.47. The highest BCUT2D eigenvalue weighted by molar-refractivity contribution is 6.33. The molecule has 26 heavy (non-hydrogen) atoms. The Morgan fingerprint density at radius 3 is 2.50 bits per heavy atom. The fourth-order valence-electron chi connectivity index (χ4n) is 2.58. The van der Waals surface area contributed by atoms with Gasteiger partial charge in [0.05, 0.1) is 16.3 Å². The van der Waals surface area contributed by atoms with Gasteiger partial charge in [-0.1, -0.05) is 48.9 Å². The normalized spacial score (nSPS) is 10.4. The van der Waals surface area contributed by atoms with E-state index in [4.69, 9.17) is 11.6 Å². The quantitative estimate of drug-likeness (QED) is 0.667. The molecule has 0 aliphatic rings. The van der Waals surface area contributed by atoms with Gasteiger partial charge in [0.25, 0.3) is 5.91 Å². The summed E-state index contributed by atoms with van der Waals surface area (Å²) in [5.41, 5.74) is 4.22. The summed E-state index contributed by atoms with van der Waals surface area (Å²) in [6, 6.07) is 13.2. The van der Waals surface area contributed by atoms with Crippen LogP contribution in [0.2, 0.25) is 5.02 Å². The molecule has 3 aromatic rings. The maximum absolute atomic E-state index is 12.3. The first-order valence-electron chi connectivity index (χ1n) is 8.32. The first-order valence-corrected chi connectivity index (χ1v) is 8.69. The first-order chi connectivity index (χ1) is 12.6. The minimum Gasteiger partial charge on any atom is -0.324 e. The number of halogens is 1. The van der Waals surface area contributed by atoms with Gasteiger partial charge in [-0.2, -0.15) is 0 Å². The molecule has 3 rings (SSSR count). The number of nitrogens with zero attached hydrogens (tertiary/aromatic N) is 2. The second-order valence-electron chi connectivity index (χ2n) is 5.82. The van der Waals surface area contributed by atoms with Gasteiger partial charge < -0.3 is 10.6 Å². The van der Waals surface area contributed by atoms with E-state index in [0.717, 1.165) is 17.7 Å². The predicted molar refractivity (Wildman–Crippen MR) is 105 cm³/mol. The molecule has 0 atom stereocenters. The molecule has 5 nitrogen and oxygen atoms in total. The number of hydrogen-bond acceptors (Lipinski definition) is 4. The van der Waals surface area contributed by atoms with E-state index in [1.54, 1.807) is 24.3 Å². The second kappa shape index (κ2) is 7.97. The lowest BCUT2D eigenvalue weighted by Gasteiger charge is -2.13. The Morgan fingerprint density at radius 1 is 1.08 bits per heavy atom. The summed E-state index contributed by atoms with van der Waals surface area (Å²) in [5.74, 6) is 0.137. The maximum atomic E-state index is 12.3. The molecule has 1 aromatic heterocycles. The zero-order chi connectivity index (χ0) is 18.5. The zero-order valence-electron chi connectivity index (χ0n) is 14.6. The van der Waals surface area contributed by atoms with Crippen molar-refractivity contribution in [2.45, 2.75) is 20.3 Å². The van der Waals surface area contributed by atoms with Crippen molar-refractivity contribution < 1.29 is 4.79 Å². The number of carbonyl (C=O) groups is 1. The van der Waals surface area contributed by atoms with E-state index in [0.29, 0.717) is 22.2 Å². The Bertz CT molecular complexity index is 925. The van der Waals surface area contributed by atoms with Crippen LogP contribution in [0, 0.1) is 6.92 Å². The smallest absolute Gasteiger partial charge is 0.258 e. The number of anilines is 3. The van der Waals surface area contributed by atoms with E-state index in [9.17, 15) is 4.79 Å². The van der Waals surface area contributed by atoms with Gasteiger partial charge >= 0.3 is 0 Å². The largest absolute Gasteiger partial charge is 0.324 e. The molecule has 6 heteroatoms. The summed E-state index contributed by atoms with van der Waals surface area (Å²) >= 11 is 6.06. The lowest BCUT2D eigenvalue weighted by molar-refractivity contribution is 0.102. The van der Waals surface area contributed by atoms with Crippen LogP contribution in [-0.4, -0.2) is 15.9 Å². The van der Waals surface area contributed by atoms with Gasteiger partial charge in [-0.05, 0) is 36.6 Å². The van der Waals surface area contributed by atoms with Crippen molar-refractivity contribution in [3.05, 3.63) is 76.6 Å². The Balaban J connectivity index is 1.75. The number of para-hydroxylation sites is 2. The minimum atomic E-state index is -0.310. The van der Waals surface area contributed by atoms with Crippen molar-refractivity contribution in [2.75, 3.05) is 10.6 Å². The molecule has 0 unspecified atom stereocenters. The fourth-order valence-corrected chi connectivity index (χ4v) is 2.76. The molecular weight excluding hydrogens is 348 g/mol. The van der Waals surface area contributed by atoms with Crippen molar-refractivity contribution >= 4 is 34.8 Å². The number of rotatable bonds is 5. The van der Waals surface area contributed by atoms with Crippen molar-refractivity contribution in [1.82, 2.24) is 9.97 Å². The molecule has 0 saturated heterocycles. The fraction of sp³-hybridized carbons (Fsp3) is 0.150. The summed E-state index contributed by atoms with van der Waals surface area (Å²) < 4.78 is 0.